The highest BCUT2D eigenvalue weighted by molar-refractivity contribution is 7.07. The zero-order chi connectivity index (χ0) is 16.5. The van der Waals surface area contributed by atoms with Gasteiger partial charge in [-0.3, -0.25) is 9.59 Å². The van der Waals surface area contributed by atoms with Gasteiger partial charge in [0.1, 0.15) is 11.5 Å². The maximum absolute atomic E-state index is 12.7. The number of likely N-dealkylation sites (tertiary alicyclic amines) is 1. The molecule has 24 heavy (non-hydrogen) atoms. The topological polar surface area (TPSA) is 71.3 Å². The lowest BCUT2D eigenvalue weighted by atomic mass is 10.1. The average Bonchev–Trinajstić information content (AvgIpc) is 3.29. The predicted octanol–water partition coefficient (Wildman–Crippen LogP) is 1.23. The van der Waals surface area contributed by atoms with Crippen LogP contribution in [0.1, 0.15) is 29.2 Å². The first kappa shape index (κ1) is 15.3. The van der Waals surface area contributed by atoms with E-state index in [0.29, 0.717) is 31.7 Å². The fourth-order valence-electron chi connectivity index (χ4n) is 3.50. The lowest BCUT2D eigenvalue weighted by Gasteiger charge is -2.27. The van der Waals surface area contributed by atoms with Crippen LogP contribution in [0.3, 0.4) is 0 Å². The number of carbonyl (C=O) groups is 2. The molecule has 0 spiro atoms. The van der Waals surface area contributed by atoms with Crippen LogP contribution in [0, 0.1) is 5.92 Å². The van der Waals surface area contributed by atoms with Crippen LogP contribution in [0.25, 0.3) is 0 Å². The first-order chi connectivity index (χ1) is 11.7. The lowest BCUT2D eigenvalue weighted by molar-refractivity contribution is -0.128. The van der Waals surface area contributed by atoms with Gasteiger partial charge in [0.15, 0.2) is 0 Å². The summed E-state index contributed by atoms with van der Waals surface area (Å²) in [5.74, 6) is 1.24. The lowest BCUT2D eigenvalue weighted by Crippen LogP contribution is -2.39. The number of thiazole rings is 1. The van der Waals surface area contributed by atoms with E-state index in [1.54, 1.807) is 17.1 Å². The number of carbonyl (C=O) groups excluding carboxylic acids is 2. The zero-order valence-electron chi connectivity index (χ0n) is 13.3. The van der Waals surface area contributed by atoms with Crippen molar-refractivity contribution in [1.82, 2.24) is 24.3 Å². The number of imidazole rings is 1. The summed E-state index contributed by atoms with van der Waals surface area (Å²) < 4.78 is 2.10. The van der Waals surface area contributed by atoms with Gasteiger partial charge in [0.25, 0.3) is 5.91 Å². The number of fused-ring (bicyclic) bond motifs is 1. The predicted molar refractivity (Wildman–Crippen MR) is 88.4 cm³/mol. The molecule has 1 saturated heterocycles. The van der Waals surface area contributed by atoms with Crippen LogP contribution in [0.4, 0.5) is 0 Å². The maximum Gasteiger partial charge on any atom is 0.273 e. The maximum atomic E-state index is 12.7. The molecule has 0 N–H and O–H groups in total. The molecule has 0 bridgehead atoms. The van der Waals surface area contributed by atoms with Crippen LogP contribution in [-0.2, 0) is 17.9 Å². The molecule has 0 aromatic carbocycles. The van der Waals surface area contributed by atoms with Crippen molar-refractivity contribution in [2.75, 3.05) is 19.6 Å². The number of rotatable bonds is 3. The highest BCUT2D eigenvalue weighted by Crippen LogP contribution is 2.21. The Balaban J connectivity index is 1.56. The molecular weight excluding hydrogens is 326 g/mol. The van der Waals surface area contributed by atoms with Crippen molar-refractivity contribution >= 4 is 23.2 Å². The summed E-state index contributed by atoms with van der Waals surface area (Å²) in [6, 6.07) is 0. The number of nitrogens with zero attached hydrogens (tertiary/aromatic N) is 5. The minimum Gasteiger partial charge on any atom is -0.342 e. The number of hydrogen-bond donors (Lipinski definition) is 0. The summed E-state index contributed by atoms with van der Waals surface area (Å²) in [7, 11) is 0. The Morgan fingerprint density at radius 3 is 3.00 bits per heavy atom. The second-order valence-corrected chi connectivity index (χ2v) is 7.08. The SMILES string of the molecule is O=C1CCCN1CC1CN(C(=O)c2cscn2)Cc2nccn2C1. The molecule has 7 nitrogen and oxygen atoms in total. The molecule has 2 aromatic rings. The molecule has 1 unspecified atom stereocenters. The summed E-state index contributed by atoms with van der Waals surface area (Å²) >= 11 is 1.42. The van der Waals surface area contributed by atoms with Gasteiger partial charge in [-0.1, -0.05) is 0 Å². The van der Waals surface area contributed by atoms with Crippen molar-refractivity contribution in [2.45, 2.75) is 25.9 Å². The largest absolute Gasteiger partial charge is 0.342 e. The smallest absolute Gasteiger partial charge is 0.273 e. The van der Waals surface area contributed by atoms with Gasteiger partial charge in [-0.05, 0) is 6.42 Å². The van der Waals surface area contributed by atoms with E-state index in [2.05, 4.69) is 14.5 Å². The van der Waals surface area contributed by atoms with Crippen LogP contribution in [0.2, 0.25) is 0 Å². The first-order valence-corrected chi connectivity index (χ1v) is 9.10. The summed E-state index contributed by atoms with van der Waals surface area (Å²) in [5, 5.41) is 1.78. The van der Waals surface area contributed by atoms with E-state index in [-0.39, 0.29) is 17.7 Å². The summed E-state index contributed by atoms with van der Waals surface area (Å²) in [6.45, 7) is 3.39. The Bertz CT molecular complexity index is 741. The van der Waals surface area contributed by atoms with Crippen molar-refractivity contribution in [3.05, 3.63) is 34.8 Å². The standard InChI is InChI=1S/C16H19N5O2S/c22-15-2-1-4-20(15)7-12-6-19-5-3-17-14(19)9-21(8-12)16(23)13-10-24-11-18-13/h3,5,10-12H,1-2,4,6-9H2. The second kappa shape index (κ2) is 6.35. The van der Waals surface area contributed by atoms with E-state index >= 15 is 0 Å². The summed E-state index contributed by atoms with van der Waals surface area (Å²) in [4.78, 5) is 37.0. The molecule has 126 valence electrons. The Kier molecular flexibility index (Phi) is 4.05. The van der Waals surface area contributed by atoms with Crippen molar-refractivity contribution in [2.24, 2.45) is 5.92 Å². The first-order valence-electron chi connectivity index (χ1n) is 8.16. The van der Waals surface area contributed by atoms with Gasteiger partial charge < -0.3 is 14.4 Å². The minimum absolute atomic E-state index is 0.0644. The molecule has 0 radical (unpaired) electrons. The van der Waals surface area contributed by atoms with Crippen molar-refractivity contribution in [3.8, 4) is 0 Å². The molecule has 2 aromatic heterocycles. The zero-order valence-corrected chi connectivity index (χ0v) is 14.1. The average molecular weight is 345 g/mol. The van der Waals surface area contributed by atoms with Crippen LogP contribution in [0.5, 0.6) is 0 Å². The monoisotopic (exact) mass is 345 g/mol. The molecule has 8 heteroatoms. The van der Waals surface area contributed by atoms with E-state index in [4.69, 9.17) is 0 Å². The highest BCUT2D eigenvalue weighted by atomic mass is 32.1. The Labute approximate surface area is 143 Å². The van der Waals surface area contributed by atoms with Crippen molar-refractivity contribution in [3.63, 3.8) is 0 Å². The van der Waals surface area contributed by atoms with E-state index < -0.39 is 0 Å². The van der Waals surface area contributed by atoms with Crippen molar-refractivity contribution in [1.29, 1.82) is 0 Å². The highest BCUT2D eigenvalue weighted by Gasteiger charge is 2.30. The van der Waals surface area contributed by atoms with Crippen LogP contribution in [-0.4, -0.2) is 55.8 Å². The van der Waals surface area contributed by atoms with E-state index in [0.717, 1.165) is 25.3 Å². The van der Waals surface area contributed by atoms with Gasteiger partial charge >= 0.3 is 0 Å². The van der Waals surface area contributed by atoms with Crippen molar-refractivity contribution < 1.29 is 9.59 Å². The summed E-state index contributed by atoms with van der Waals surface area (Å²) in [6.07, 6.45) is 5.29. The molecule has 1 atom stereocenters. The number of aromatic nitrogens is 3. The molecule has 4 heterocycles. The normalized spacial score (nSPS) is 21.0. The third-order valence-electron chi connectivity index (χ3n) is 4.66. The molecule has 4 rings (SSSR count). The van der Waals surface area contributed by atoms with E-state index in [9.17, 15) is 9.59 Å². The Hall–Kier alpha value is -2.22. The van der Waals surface area contributed by atoms with Gasteiger partial charge in [0.2, 0.25) is 5.91 Å². The molecule has 0 saturated carbocycles. The quantitative estimate of drug-likeness (QED) is 0.839. The van der Waals surface area contributed by atoms with Gasteiger partial charge in [-0.25, -0.2) is 9.97 Å². The fraction of sp³-hybridized carbons (Fsp3) is 0.500. The number of amides is 2. The summed E-state index contributed by atoms with van der Waals surface area (Å²) in [5.41, 5.74) is 2.16. The van der Waals surface area contributed by atoms with E-state index in [1.807, 2.05) is 16.0 Å². The second-order valence-electron chi connectivity index (χ2n) is 6.36. The van der Waals surface area contributed by atoms with Gasteiger partial charge in [0, 0.05) is 56.3 Å². The third kappa shape index (κ3) is 2.93. The van der Waals surface area contributed by atoms with Gasteiger partial charge in [-0.15, -0.1) is 11.3 Å². The van der Waals surface area contributed by atoms with Gasteiger partial charge in [-0.2, -0.15) is 0 Å². The van der Waals surface area contributed by atoms with Crippen LogP contribution >= 0.6 is 11.3 Å². The molecule has 0 aliphatic carbocycles. The van der Waals surface area contributed by atoms with Gasteiger partial charge in [0.05, 0.1) is 12.1 Å². The Morgan fingerprint density at radius 1 is 1.33 bits per heavy atom. The third-order valence-corrected chi connectivity index (χ3v) is 5.24. The Morgan fingerprint density at radius 2 is 2.25 bits per heavy atom. The minimum atomic E-state index is -0.0644. The molecule has 2 amide bonds. The van der Waals surface area contributed by atoms with Crippen LogP contribution in [0.15, 0.2) is 23.3 Å². The van der Waals surface area contributed by atoms with E-state index in [1.165, 1.54) is 11.3 Å². The number of hydrogen-bond acceptors (Lipinski definition) is 5. The molecule has 1 fully saturated rings. The molecular formula is C16H19N5O2S. The van der Waals surface area contributed by atoms with Crippen LogP contribution < -0.4 is 0 Å². The molecule has 2 aliphatic rings. The molecule has 2 aliphatic heterocycles. The fourth-order valence-corrected chi connectivity index (χ4v) is 4.03.